The number of anilines is 5. The summed E-state index contributed by atoms with van der Waals surface area (Å²) >= 11 is 0. The predicted octanol–water partition coefficient (Wildman–Crippen LogP) is 4.59. The van der Waals surface area contributed by atoms with Gasteiger partial charge < -0.3 is 20.3 Å². The number of ether oxygens (including phenoxy) is 1. The van der Waals surface area contributed by atoms with Gasteiger partial charge in [0.05, 0.1) is 7.11 Å². The van der Waals surface area contributed by atoms with Crippen molar-refractivity contribution < 1.29 is 9.53 Å². The zero-order valence-corrected chi connectivity index (χ0v) is 18.3. The van der Waals surface area contributed by atoms with Crippen molar-refractivity contribution in [1.29, 1.82) is 0 Å². The first-order chi connectivity index (χ1) is 14.6. The zero-order valence-electron chi connectivity index (χ0n) is 17.5. The van der Waals surface area contributed by atoms with E-state index < -0.39 is 0 Å². The lowest BCUT2D eigenvalue weighted by Gasteiger charge is -2.17. The topological polar surface area (TPSA) is 92.3 Å². The van der Waals surface area contributed by atoms with Crippen LogP contribution in [0.25, 0.3) is 0 Å². The van der Waals surface area contributed by atoms with Gasteiger partial charge in [0.15, 0.2) is 5.78 Å². The monoisotopic (exact) mass is 440 g/mol. The van der Waals surface area contributed by atoms with Crippen LogP contribution in [0, 0.1) is 0 Å². The lowest BCUT2D eigenvalue weighted by atomic mass is 10.1. The fourth-order valence-electron chi connectivity index (χ4n) is 3.28. The van der Waals surface area contributed by atoms with Crippen molar-refractivity contribution in [1.82, 2.24) is 15.0 Å². The molecule has 1 saturated heterocycles. The summed E-state index contributed by atoms with van der Waals surface area (Å²) in [7, 11) is 1.63. The second-order valence-corrected chi connectivity index (χ2v) is 7.09. The molecule has 1 fully saturated rings. The molecule has 3 aromatic rings. The molecular weight excluding hydrogens is 416 g/mol. The van der Waals surface area contributed by atoms with Gasteiger partial charge in [-0.05, 0) is 56.2 Å². The fraction of sp³-hybridized carbons (Fsp3) is 0.273. The quantitative estimate of drug-likeness (QED) is 0.515. The van der Waals surface area contributed by atoms with E-state index in [9.17, 15) is 4.79 Å². The number of carbonyl (C=O) groups excluding carboxylic acids is 1. The Bertz CT molecular complexity index is 1040. The second kappa shape index (κ2) is 10.1. The summed E-state index contributed by atoms with van der Waals surface area (Å²) in [4.78, 5) is 27.6. The average Bonchev–Trinajstić information content (AvgIpc) is 3.29. The van der Waals surface area contributed by atoms with Crippen LogP contribution in [-0.4, -0.2) is 40.9 Å². The molecule has 0 unspecified atom stereocenters. The highest BCUT2D eigenvalue weighted by Gasteiger charge is 2.18. The van der Waals surface area contributed by atoms with Crippen molar-refractivity contribution in [2.45, 2.75) is 19.8 Å². The van der Waals surface area contributed by atoms with Crippen LogP contribution < -0.4 is 20.3 Å². The Kier molecular flexibility index (Phi) is 7.25. The van der Waals surface area contributed by atoms with Crippen molar-refractivity contribution in [3.05, 3.63) is 54.1 Å². The van der Waals surface area contributed by atoms with E-state index in [1.54, 1.807) is 26.2 Å². The summed E-state index contributed by atoms with van der Waals surface area (Å²) in [5.74, 6) is 2.28. The van der Waals surface area contributed by atoms with Gasteiger partial charge >= 0.3 is 0 Å². The van der Waals surface area contributed by atoms with Crippen molar-refractivity contribution >= 4 is 47.4 Å². The molecule has 0 spiro atoms. The Labute approximate surface area is 187 Å². The van der Waals surface area contributed by atoms with Crippen molar-refractivity contribution in [2.24, 2.45) is 0 Å². The van der Waals surface area contributed by atoms with Crippen molar-refractivity contribution in [3.63, 3.8) is 0 Å². The molecule has 0 aliphatic carbocycles. The van der Waals surface area contributed by atoms with Crippen LogP contribution in [0.2, 0.25) is 0 Å². The molecular formula is C22H25ClN6O2. The van der Waals surface area contributed by atoms with E-state index in [0.717, 1.165) is 43.1 Å². The van der Waals surface area contributed by atoms with Gasteiger partial charge in [0.25, 0.3) is 0 Å². The minimum absolute atomic E-state index is 0. The average molecular weight is 441 g/mol. The van der Waals surface area contributed by atoms with Gasteiger partial charge in [-0.25, -0.2) is 0 Å². The molecule has 2 heterocycles. The standard InChI is InChI=1S/C22H24N6O2.ClH/c1-15(29)16-6-5-7-18(14-16)24-21-25-20(23-17-8-10-19(30-2)11-9-17)26-22(27-21)28-12-3-4-13-28;/h5-11,14H,3-4,12-13H2,1-2H3,(H2,23,24,25,26,27);1H. The van der Waals surface area contributed by atoms with Gasteiger partial charge in [-0.1, -0.05) is 12.1 Å². The number of Topliss-reactive ketones (excluding diaryl/α,β-unsaturated/α-hetero) is 1. The molecule has 1 aromatic heterocycles. The summed E-state index contributed by atoms with van der Waals surface area (Å²) in [6, 6.07) is 14.8. The summed E-state index contributed by atoms with van der Waals surface area (Å²) in [6.07, 6.45) is 2.24. The van der Waals surface area contributed by atoms with Crippen LogP contribution >= 0.6 is 12.4 Å². The van der Waals surface area contributed by atoms with Gasteiger partial charge in [-0.2, -0.15) is 15.0 Å². The third kappa shape index (κ3) is 5.61. The van der Waals surface area contributed by atoms with E-state index in [4.69, 9.17) is 4.74 Å². The first-order valence-corrected chi connectivity index (χ1v) is 9.91. The minimum atomic E-state index is 0. The smallest absolute Gasteiger partial charge is 0.233 e. The van der Waals surface area contributed by atoms with Gasteiger partial charge in [0, 0.05) is 30.0 Å². The van der Waals surface area contributed by atoms with Crippen LogP contribution in [0.15, 0.2) is 48.5 Å². The minimum Gasteiger partial charge on any atom is -0.497 e. The van der Waals surface area contributed by atoms with Crippen LogP contribution in [0.1, 0.15) is 30.1 Å². The first-order valence-electron chi connectivity index (χ1n) is 9.91. The number of aromatic nitrogens is 3. The number of hydrogen-bond acceptors (Lipinski definition) is 8. The first kappa shape index (κ1) is 22.3. The lowest BCUT2D eigenvalue weighted by molar-refractivity contribution is 0.101. The highest BCUT2D eigenvalue weighted by molar-refractivity contribution is 5.95. The Morgan fingerprint density at radius 3 is 2.19 bits per heavy atom. The number of carbonyl (C=O) groups is 1. The number of nitrogens with one attached hydrogen (secondary N) is 2. The second-order valence-electron chi connectivity index (χ2n) is 7.09. The molecule has 31 heavy (non-hydrogen) atoms. The molecule has 0 amide bonds. The molecule has 1 aliphatic heterocycles. The SMILES string of the molecule is COc1ccc(Nc2nc(Nc3cccc(C(C)=O)c3)nc(N3CCCC3)n2)cc1.Cl. The third-order valence-electron chi connectivity index (χ3n) is 4.88. The Morgan fingerprint density at radius 2 is 1.58 bits per heavy atom. The van der Waals surface area contributed by atoms with E-state index >= 15 is 0 Å². The predicted molar refractivity (Wildman–Crippen MR) is 125 cm³/mol. The maximum atomic E-state index is 11.7. The molecule has 162 valence electrons. The summed E-state index contributed by atoms with van der Waals surface area (Å²) in [6.45, 7) is 3.39. The van der Waals surface area contributed by atoms with Crippen LogP contribution in [0.4, 0.5) is 29.2 Å². The zero-order chi connectivity index (χ0) is 20.9. The van der Waals surface area contributed by atoms with Crippen LogP contribution in [-0.2, 0) is 0 Å². The molecule has 2 N–H and O–H groups in total. The molecule has 8 nitrogen and oxygen atoms in total. The Hall–Kier alpha value is -3.39. The molecule has 0 radical (unpaired) electrons. The third-order valence-corrected chi connectivity index (χ3v) is 4.88. The maximum absolute atomic E-state index is 11.7. The molecule has 2 aromatic carbocycles. The number of hydrogen-bond donors (Lipinski definition) is 2. The Morgan fingerprint density at radius 1 is 0.935 bits per heavy atom. The molecule has 1 aliphatic rings. The summed E-state index contributed by atoms with van der Waals surface area (Å²) in [5, 5.41) is 6.44. The molecule has 0 bridgehead atoms. The molecule has 9 heteroatoms. The molecule has 0 atom stereocenters. The fourth-order valence-corrected chi connectivity index (χ4v) is 3.28. The number of halogens is 1. The maximum Gasteiger partial charge on any atom is 0.233 e. The van der Waals surface area contributed by atoms with Crippen molar-refractivity contribution in [3.8, 4) is 5.75 Å². The summed E-state index contributed by atoms with van der Waals surface area (Å²) in [5.41, 5.74) is 2.22. The number of ketones is 1. The highest BCUT2D eigenvalue weighted by Crippen LogP contribution is 2.24. The van der Waals surface area contributed by atoms with E-state index in [1.807, 2.05) is 36.4 Å². The van der Waals surface area contributed by atoms with E-state index in [1.165, 1.54) is 0 Å². The van der Waals surface area contributed by atoms with Gasteiger partial charge in [0.2, 0.25) is 17.8 Å². The highest BCUT2D eigenvalue weighted by atomic mass is 35.5. The number of rotatable bonds is 7. The lowest BCUT2D eigenvalue weighted by Crippen LogP contribution is -2.21. The molecule has 0 saturated carbocycles. The molecule has 4 rings (SSSR count). The number of nitrogens with zero attached hydrogens (tertiary/aromatic N) is 4. The van der Waals surface area contributed by atoms with Gasteiger partial charge in [-0.3, -0.25) is 4.79 Å². The van der Waals surface area contributed by atoms with E-state index in [-0.39, 0.29) is 18.2 Å². The van der Waals surface area contributed by atoms with E-state index in [2.05, 4.69) is 30.5 Å². The van der Waals surface area contributed by atoms with Crippen molar-refractivity contribution in [2.75, 3.05) is 35.7 Å². The number of methoxy groups -OCH3 is 1. The normalized spacial score (nSPS) is 12.8. The van der Waals surface area contributed by atoms with Gasteiger partial charge in [-0.15, -0.1) is 12.4 Å². The summed E-state index contributed by atoms with van der Waals surface area (Å²) < 4.78 is 5.21. The Balaban J connectivity index is 0.00000272. The largest absolute Gasteiger partial charge is 0.497 e. The number of benzene rings is 2. The van der Waals surface area contributed by atoms with Gasteiger partial charge in [0.1, 0.15) is 5.75 Å². The van der Waals surface area contributed by atoms with Crippen LogP contribution in [0.5, 0.6) is 5.75 Å². The van der Waals surface area contributed by atoms with E-state index in [0.29, 0.717) is 23.4 Å². The van der Waals surface area contributed by atoms with Crippen LogP contribution in [0.3, 0.4) is 0 Å².